The van der Waals surface area contributed by atoms with E-state index in [1.54, 1.807) is 21.7 Å². The Bertz CT molecular complexity index is 893. The first-order valence-electron chi connectivity index (χ1n) is 8.14. The monoisotopic (exact) mass is 340 g/mol. The van der Waals surface area contributed by atoms with E-state index >= 15 is 0 Å². The number of hydrogen-bond acceptors (Lipinski definition) is 4. The molecule has 1 fully saturated rings. The molecule has 1 aromatic heterocycles. The van der Waals surface area contributed by atoms with Crippen LogP contribution in [0.4, 0.5) is 4.39 Å². The smallest absolute Gasteiger partial charge is 0.244 e. The van der Waals surface area contributed by atoms with Gasteiger partial charge in [-0.15, -0.1) is 5.10 Å². The molecule has 0 radical (unpaired) electrons. The SMILES string of the molecule is O=C(Cn1nnc2ccccc21)N1CCOC(c2ccc(F)cc2)C1. The van der Waals surface area contributed by atoms with E-state index in [1.807, 2.05) is 24.3 Å². The number of aromatic nitrogens is 3. The molecule has 0 saturated carbocycles. The zero-order valence-electron chi connectivity index (χ0n) is 13.5. The first-order valence-corrected chi connectivity index (χ1v) is 8.14. The van der Waals surface area contributed by atoms with Gasteiger partial charge in [-0.3, -0.25) is 4.79 Å². The van der Waals surface area contributed by atoms with Gasteiger partial charge in [0.15, 0.2) is 0 Å². The predicted molar refractivity (Wildman–Crippen MR) is 89.2 cm³/mol. The number of rotatable bonds is 3. The van der Waals surface area contributed by atoms with Gasteiger partial charge in [-0.2, -0.15) is 0 Å². The first kappa shape index (κ1) is 15.7. The van der Waals surface area contributed by atoms with Gasteiger partial charge in [0.25, 0.3) is 0 Å². The van der Waals surface area contributed by atoms with Crippen LogP contribution < -0.4 is 0 Å². The summed E-state index contributed by atoms with van der Waals surface area (Å²) in [6.07, 6.45) is -0.245. The Balaban J connectivity index is 1.47. The maximum absolute atomic E-state index is 13.1. The molecule has 0 bridgehead atoms. The van der Waals surface area contributed by atoms with Crippen LogP contribution in [0.15, 0.2) is 48.5 Å². The van der Waals surface area contributed by atoms with Crippen LogP contribution in [-0.4, -0.2) is 45.5 Å². The van der Waals surface area contributed by atoms with Gasteiger partial charge in [-0.05, 0) is 29.8 Å². The molecule has 1 amide bonds. The molecule has 2 heterocycles. The standard InChI is InChI=1S/C18H17FN4O2/c19-14-7-5-13(6-8-14)17-11-22(9-10-25-17)18(24)12-23-16-4-2-1-3-15(16)20-21-23/h1-8,17H,9-12H2. The van der Waals surface area contributed by atoms with E-state index in [-0.39, 0.29) is 24.4 Å². The molecule has 0 aliphatic carbocycles. The summed E-state index contributed by atoms with van der Waals surface area (Å²) in [5, 5.41) is 8.13. The average molecular weight is 340 g/mol. The maximum Gasteiger partial charge on any atom is 0.244 e. The highest BCUT2D eigenvalue weighted by atomic mass is 19.1. The van der Waals surface area contributed by atoms with Gasteiger partial charge in [0.1, 0.15) is 24.0 Å². The summed E-state index contributed by atoms with van der Waals surface area (Å²) in [5.74, 6) is -0.323. The van der Waals surface area contributed by atoms with E-state index in [1.165, 1.54) is 12.1 Å². The Morgan fingerprint density at radius 2 is 2.00 bits per heavy atom. The number of halogens is 1. The number of morpholine rings is 1. The van der Waals surface area contributed by atoms with E-state index in [4.69, 9.17) is 4.74 Å². The summed E-state index contributed by atoms with van der Waals surface area (Å²) in [6.45, 7) is 1.56. The van der Waals surface area contributed by atoms with Crippen molar-refractivity contribution >= 4 is 16.9 Å². The highest BCUT2D eigenvalue weighted by Gasteiger charge is 2.26. The number of fused-ring (bicyclic) bond motifs is 1. The zero-order chi connectivity index (χ0) is 17.2. The van der Waals surface area contributed by atoms with Gasteiger partial charge in [-0.25, -0.2) is 9.07 Å². The molecule has 1 aliphatic heterocycles. The van der Waals surface area contributed by atoms with Gasteiger partial charge < -0.3 is 9.64 Å². The van der Waals surface area contributed by atoms with Crippen molar-refractivity contribution in [1.82, 2.24) is 19.9 Å². The maximum atomic E-state index is 13.1. The molecule has 4 rings (SSSR count). The minimum Gasteiger partial charge on any atom is -0.370 e. The van der Waals surface area contributed by atoms with Crippen LogP contribution in [-0.2, 0) is 16.1 Å². The fourth-order valence-corrected chi connectivity index (χ4v) is 3.02. The van der Waals surface area contributed by atoms with Crippen molar-refractivity contribution < 1.29 is 13.9 Å². The number of hydrogen-bond donors (Lipinski definition) is 0. The van der Waals surface area contributed by atoms with Crippen molar-refractivity contribution in [3.63, 3.8) is 0 Å². The van der Waals surface area contributed by atoms with Crippen LogP contribution >= 0.6 is 0 Å². The van der Waals surface area contributed by atoms with Gasteiger partial charge in [-0.1, -0.05) is 29.5 Å². The Morgan fingerprint density at radius 3 is 2.84 bits per heavy atom. The minimum absolute atomic E-state index is 0.0361. The Labute approximate surface area is 143 Å². The van der Waals surface area contributed by atoms with E-state index in [0.717, 1.165) is 16.6 Å². The Hall–Kier alpha value is -2.80. The number of nitrogens with zero attached hydrogens (tertiary/aromatic N) is 4. The molecule has 1 unspecified atom stereocenters. The van der Waals surface area contributed by atoms with Crippen LogP contribution in [0.2, 0.25) is 0 Å². The molecular weight excluding hydrogens is 323 g/mol. The second-order valence-electron chi connectivity index (χ2n) is 5.99. The second kappa shape index (κ2) is 6.60. The van der Waals surface area contributed by atoms with Crippen LogP contribution in [0.5, 0.6) is 0 Å². The van der Waals surface area contributed by atoms with Gasteiger partial charge >= 0.3 is 0 Å². The van der Waals surface area contributed by atoms with Gasteiger partial charge in [0.2, 0.25) is 5.91 Å². The lowest BCUT2D eigenvalue weighted by Gasteiger charge is -2.33. The van der Waals surface area contributed by atoms with Gasteiger partial charge in [0, 0.05) is 6.54 Å². The summed E-state index contributed by atoms with van der Waals surface area (Å²) >= 11 is 0. The minimum atomic E-state index is -0.287. The third-order valence-electron chi connectivity index (χ3n) is 4.37. The van der Waals surface area contributed by atoms with E-state index in [2.05, 4.69) is 10.3 Å². The average Bonchev–Trinajstić information content (AvgIpc) is 3.05. The molecule has 1 saturated heterocycles. The van der Waals surface area contributed by atoms with Gasteiger partial charge in [0.05, 0.1) is 18.7 Å². The third-order valence-corrected chi connectivity index (χ3v) is 4.37. The lowest BCUT2D eigenvalue weighted by molar-refractivity contribution is -0.139. The highest BCUT2D eigenvalue weighted by Crippen LogP contribution is 2.23. The fourth-order valence-electron chi connectivity index (χ4n) is 3.02. The summed E-state index contributed by atoms with van der Waals surface area (Å²) in [4.78, 5) is 14.4. The van der Waals surface area contributed by atoms with Crippen molar-refractivity contribution in [2.75, 3.05) is 19.7 Å². The number of amides is 1. The molecule has 25 heavy (non-hydrogen) atoms. The lowest BCUT2D eigenvalue weighted by atomic mass is 10.1. The van der Waals surface area contributed by atoms with Crippen LogP contribution in [0.3, 0.4) is 0 Å². The predicted octanol–water partition coefficient (Wildman–Crippen LogP) is 2.17. The Kier molecular flexibility index (Phi) is 4.15. The molecule has 6 nitrogen and oxygen atoms in total. The van der Waals surface area contributed by atoms with E-state index in [9.17, 15) is 9.18 Å². The summed E-state index contributed by atoms with van der Waals surface area (Å²) < 4.78 is 20.4. The molecule has 7 heteroatoms. The normalized spacial score (nSPS) is 17.8. The van der Waals surface area contributed by atoms with Crippen molar-refractivity contribution in [1.29, 1.82) is 0 Å². The number of carbonyl (C=O) groups is 1. The molecule has 0 N–H and O–H groups in total. The van der Waals surface area contributed by atoms with Crippen LogP contribution in [0.25, 0.3) is 11.0 Å². The number of ether oxygens (including phenoxy) is 1. The molecule has 128 valence electrons. The fraction of sp³-hybridized carbons (Fsp3) is 0.278. The molecular formula is C18H17FN4O2. The topological polar surface area (TPSA) is 60.2 Å². The van der Waals surface area contributed by atoms with Crippen molar-refractivity contribution in [3.8, 4) is 0 Å². The molecule has 1 atom stereocenters. The molecule has 3 aromatic rings. The van der Waals surface area contributed by atoms with Crippen molar-refractivity contribution in [2.45, 2.75) is 12.6 Å². The largest absolute Gasteiger partial charge is 0.370 e. The highest BCUT2D eigenvalue weighted by molar-refractivity contribution is 5.79. The quantitative estimate of drug-likeness (QED) is 0.733. The van der Waals surface area contributed by atoms with Crippen LogP contribution in [0, 0.1) is 5.82 Å². The van der Waals surface area contributed by atoms with Crippen LogP contribution in [0.1, 0.15) is 11.7 Å². The third kappa shape index (κ3) is 3.23. The molecule has 1 aliphatic rings. The molecule has 0 spiro atoms. The van der Waals surface area contributed by atoms with E-state index < -0.39 is 0 Å². The number of benzene rings is 2. The Morgan fingerprint density at radius 1 is 1.20 bits per heavy atom. The summed E-state index contributed by atoms with van der Waals surface area (Å²) in [6, 6.07) is 13.7. The lowest BCUT2D eigenvalue weighted by Crippen LogP contribution is -2.43. The summed E-state index contributed by atoms with van der Waals surface area (Å²) in [5.41, 5.74) is 2.46. The zero-order valence-corrected chi connectivity index (χ0v) is 13.5. The van der Waals surface area contributed by atoms with Crippen molar-refractivity contribution in [2.24, 2.45) is 0 Å². The van der Waals surface area contributed by atoms with Crippen molar-refractivity contribution in [3.05, 3.63) is 59.9 Å². The second-order valence-corrected chi connectivity index (χ2v) is 5.99. The molecule has 2 aromatic carbocycles. The van der Waals surface area contributed by atoms with E-state index in [0.29, 0.717) is 19.7 Å². The summed E-state index contributed by atoms with van der Waals surface area (Å²) in [7, 11) is 0. The number of carbonyl (C=O) groups excluding carboxylic acids is 1. The first-order chi connectivity index (χ1) is 12.2. The number of para-hydroxylation sites is 1.